The number of pyridine rings is 1. The molecule has 0 saturated carbocycles. The van der Waals surface area contributed by atoms with Crippen LogP contribution in [0.2, 0.25) is 5.15 Å². The molecule has 5 heteroatoms. The highest BCUT2D eigenvalue weighted by atomic mass is 127. The Labute approximate surface area is 114 Å². The predicted molar refractivity (Wildman–Crippen MR) is 74.2 cm³/mol. The molecule has 88 valence electrons. The summed E-state index contributed by atoms with van der Waals surface area (Å²) in [5, 5.41) is 0.560. The smallest absolute Gasteiger partial charge is 0.131 e. The van der Waals surface area contributed by atoms with Crippen LogP contribution in [-0.2, 0) is 4.74 Å². The van der Waals surface area contributed by atoms with Gasteiger partial charge in [0.2, 0.25) is 0 Å². The number of rotatable bonds is 2. The van der Waals surface area contributed by atoms with Gasteiger partial charge in [0.15, 0.2) is 0 Å². The Bertz CT molecular complexity index is 367. The normalized spacial score (nSPS) is 17.8. The van der Waals surface area contributed by atoms with Crippen molar-refractivity contribution in [2.24, 2.45) is 0 Å². The Morgan fingerprint density at radius 1 is 1.50 bits per heavy atom. The number of aromatic nitrogens is 1. The summed E-state index contributed by atoms with van der Waals surface area (Å²) in [6.45, 7) is 2.05. The monoisotopic (exact) mass is 352 g/mol. The Morgan fingerprint density at radius 2 is 2.19 bits per heavy atom. The van der Waals surface area contributed by atoms with Crippen LogP contribution in [-0.4, -0.2) is 31.3 Å². The van der Waals surface area contributed by atoms with E-state index in [1.807, 2.05) is 12.3 Å². The van der Waals surface area contributed by atoms with Gasteiger partial charge in [-0.1, -0.05) is 11.6 Å². The molecule has 0 amide bonds. The van der Waals surface area contributed by atoms with Crippen LogP contribution < -0.4 is 4.90 Å². The Hall–Kier alpha value is -0.0700. The molecule has 1 saturated heterocycles. The third-order valence-corrected chi connectivity index (χ3v) is 3.96. The molecule has 0 aromatic carbocycles. The summed E-state index contributed by atoms with van der Waals surface area (Å²) in [6, 6.07) is 1.94. The Balaban J connectivity index is 2.10. The van der Waals surface area contributed by atoms with Crippen LogP contribution >= 0.6 is 34.2 Å². The first-order chi connectivity index (χ1) is 7.70. The minimum Gasteiger partial charge on any atom is -0.381 e. The lowest BCUT2D eigenvalue weighted by molar-refractivity contribution is 0.0819. The molecule has 0 unspecified atom stereocenters. The summed E-state index contributed by atoms with van der Waals surface area (Å²) >= 11 is 8.23. The summed E-state index contributed by atoms with van der Waals surface area (Å²) in [6.07, 6.45) is 4.38. The molecule has 0 bridgehead atoms. The molecule has 1 aromatic heterocycles. The third-order valence-electron chi connectivity index (χ3n) is 2.92. The van der Waals surface area contributed by atoms with Gasteiger partial charge >= 0.3 is 0 Å². The minimum atomic E-state index is 0.409. The number of nitrogens with zero attached hydrogens (tertiary/aromatic N) is 2. The van der Waals surface area contributed by atoms with Crippen LogP contribution in [0, 0.1) is 3.57 Å². The lowest BCUT2D eigenvalue weighted by Crippen LogP contribution is -2.37. The van der Waals surface area contributed by atoms with Crippen molar-refractivity contribution in [1.29, 1.82) is 0 Å². The van der Waals surface area contributed by atoms with Crippen molar-refractivity contribution in [2.75, 3.05) is 25.1 Å². The second-order valence-electron chi connectivity index (χ2n) is 3.88. The van der Waals surface area contributed by atoms with Gasteiger partial charge in [0.05, 0.1) is 15.4 Å². The van der Waals surface area contributed by atoms with Crippen molar-refractivity contribution in [3.05, 3.63) is 21.0 Å². The van der Waals surface area contributed by atoms with Crippen LogP contribution in [0.4, 0.5) is 5.69 Å². The van der Waals surface area contributed by atoms with Crippen LogP contribution in [0.15, 0.2) is 12.3 Å². The van der Waals surface area contributed by atoms with Gasteiger partial charge in [-0.3, -0.25) is 0 Å². The fourth-order valence-corrected chi connectivity index (χ4v) is 2.77. The summed E-state index contributed by atoms with van der Waals surface area (Å²) in [5.41, 5.74) is 1.19. The Kier molecular flexibility index (Phi) is 4.27. The summed E-state index contributed by atoms with van der Waals surface area (Å²) in [4.78, 5) is 6.42. The van der Waals surface area contributed by atoms with E-state index in [0.29, 0.717) is 11.3 Å². The van der Waals surface area contributed by atoms with Gasteiger partial charge in [-0.25, -0.2) is 4.98 Å². The number of methoxy groups -OCH3 is 1. The van der Waals surface area contributed by atoms with E-state index in [1.165, 1.54) is 5.69 Å². The van der Waals surface area contributed by atoms with Crippen LogP contribution in [0.3, 0.4) is 0 Å². The first-order valence-corrected chi connectivity index (χ1v) is 6.75. The molecule has 1 aromatic rings. The van der Waals surface area contributed by atoms with Crippen LogP contribution in [0.25, 0.3) is 0 Å². The van der Waals surface area contributed by atoms with Gasteiger partial charge in [0.1, 0.15) is 5.15 Å². The number of hydrogen-bond donors (Lipinski definition) is 0. The summed E-state index contributed by atoms with van der Waals surface area (Å²) < 4.78 is 6.51. The van der Waals surface area contributed by atoms with Crippen molar-refractivity contribution in [3.63, 3.8) is 0 Å². The summed E-state index contributed by atoms with van der Waals surface area (Å²) in [5.74, 6) is 0. The summed E-state index contributed by atoms with van der Waals surface area (Å²) in [7, 11) is 1.79. The average molecular weight is 353 g/mol. The maximum Gasteiger partial charge on any atom is 0.131 e. The first-order valence-electron chi connectivity index (χ1n) is 5.29. The zero-order chi connectivity index (χ0) is 11.5. The second-order valence-corrected chi connectivity index (χ2v) is 5.43. The fourth-order valence-electron chi connectivity index (χ4n) is 1.98. The van der Waals surface area contributed by atoms with E-state index in [9.17, 15) is 0 Å². The standard InChI is InChI=1S/C11H14ClIN2O/c1-16-8-2-4-15(5-3-8)10-6-11(12)14-7-9(10)13/h6-8H,2-5H2,1H3. The van der Waals surface area contributed by atoms with E-state index in [0.717, 1.165) is 29.5 Å². The van der Waals surface area contributed by atoms with Crippen molar-refractivity contribution >= 4 is 39.9 Å². The maximum atomic E-state index is 5.93. The molecule has 1 aliphatic rings. The van der Waals surface area contributed by atoms with Gasteiger partial charge in [-0.05, 0) is 41.5 Å². The van der Waals surface area contributed by atoms with E-state index >= 15 is 0 Å². The van der Waals surface area contributed by atoms with Crippen LogP contribution in [0.1, 0.15) is 12.8 Å². The minimum absolute atomic E-state index is 0.409. The SMILES string of the molecule is COC1CCN(c2cc(Cl)ncc2I)CC1. The largest absolute Gasteiger partial charge is 0.381 e. The molecule has 0 spiro atoms. The highest BCUT2D eigenvalue weighted by Crippen LogP contribution is 2.27. The first kappa shape index (κ1) is 12.4. The quantitative estimate of drug-likeness (QED) is 0.604. The number of hydrogen-bond acceptors (Lipinski definition) is 3. The van der Waals surface area contributed by atoms with E-state index in [2.05, 4.69) is 32.5 Å². The average Bonchev–Trinajstić information content (AvgIpc) is 2.32. The second kappa shape index (κ2) is 5.51. The number of halogens is 2. The fraction of sp³-hybridized carbons (Fsp3) is 0.545. The number of ether oxygens (including phenoxy) is 1. The molecule has 0 radical (unpaired) electrons. The molecule has 1 fully saturated rings. The van der Waals surface area contributed by atoms with E-state index in [4.69, 9.17) is 16.3 Å². The topological polar surface area (TPSA) is 25.4 Å². The van der Waals surface area contributed by atoms with E-state index in [-0.39, 0.29) is 0 Å². The van der Waals surface area contributed by atoms with Gasteiger partial charge in [-0.2, -0.15) is 0 Å². The lowest BCUT2D eigenvalue weighted by atomic mass is 10.1. The third kappa shape index (κ3) is 2.78. The van der Waals surface area contributed by atoms with Crippen molar-refractivity contribution < 1.29 is 4.74 Å². The van der Waals surface area contributed by atoms with Crippen molar-refractivity contribution in [3.8, 4) is 0 Å². The van der Waals surface area contributed by atoms with E-state index in [1.54, 1.807) is 7.11 Å². The maximum absolute atomic E-state index is 5.93. The molecule has 0 aliphatic carbocycles. The molecule has 16 heavy (non-hydrogen) atoms. The van der Waals surface area contributed by atoms with Crippen molar-refractivity contribution in [1.82, 2.24) is 4.98 Å². The number of anilines is 1. The Morgan fingerprint density at radius 3 is 2.81 bits per heavy atom. The van der Waals surface area contributed by atoms with E-state index < -0.39 is 0 Å². The molecule has 2 rings (SSSR count). The molecule has 3 nitrogen and oxygen atoms in total. The van der Waals surface area contributed by atoms with Crippen molar-refractivity contribution in [2.45, 2.75) is 18.9 Å². The number of piperidine rings is 1. The molecular formula is C11H14ClIN2O. The predicted octanol–water partition coefficient (Wildman–Crippen LogP) is 2.95. The highest BCUT2D eigenvalue weighted by molar-refractivity contribution is 14.1. The lowest BCUT2D eigenvalue weighted by Gasteiger charge is -2.33. The highest BCUT2D eigenvalue weighted by Gasteiger charge is 2.20. The van der Waals surface area contributed by atoms with Gasteiger partial charge < -0.3 is 9.64 Å². The zero-order valence-corrected chi connectivity index (χ0v) is 12.0. The van der Waals surface area contributed by atoms with Crippen LogP contribution in [0.5, 0.6) is 0 Å². The molecular weight excluding hydrogens is 338 g/mol. The molecule has 0 N–H and O–H groups in total. The van der Waals surface area contributed by atoms with Gasteiger partial charge in [-0.15, -0.1) is 0 Å². The molecule has 2 heterocycles. The molecule has 0 atom stereocenters. The van der Waals surface area contributed by atoms with Gasteiger partial charge in [0, 0.05) is 26.4 Å². The van der Waals surface area contributed by atoms with Gasteiger partial charge in [0.25, 0.3) is 0 Å². The zero-order valence-electron chi connectivity index (χ0n) is 9.12. The molecule has 1 aliphatic heterocycles.